The Hall–Kier alpha value is -1.63. The lowest BCUT2D eigenvalue weighted by Crippen LogP contribution is -1.96. The van der Waals surface area contributed by atoms with E-state index in [-0.39, 0.29) is 12.4 Å². The third kappa shape index (κ3) is 1.92. The molecule has 0 aliphatic carbocycles. The predicted molar refractivity (Wildman–Crippen MR) is 36.3 cm³/mol. The van der Waals surface area contributed by atoms with Gasteiger partial charge in [0, 0.05) is 12.1 Å². The molecular weight excluding hydrogens is 164 g/mol. The minimum Gasteiger partial charge on any atom is -0.476 e. The van der Waals surface area contributed by atoms with Gasteiger partial charge in [0.15, 0.2) is 18.2 Å². The maximum atomic E-state index is 12.7. The fourth-order valence-corrected chi connectivity index (χ4v) is 0.648. The van der Waals surface area contributed by atoms with Gasteiger partial charge in [-0.05, 0) is 6.07 Å². The van der Waals surface area contributed by atoms with Gasteiger partial charge in [-0.15, -0.1) is 0 Å². The van der Waals surface area contributed by atoms with Gasteiger partial charge in [0.25, 0.3) is 0 Å². The van der Waals surface area contributed by atoms with Crippen molar-refractivity contribution in [2.24, 2.45) is 0 Å². The van der Waals surface area contributed by atoms with Gasteiger partial charge in [0.1, 0.15) is 11.9 Å². The molecule has 0 aromatic heterocycles. The summed E-state index contributed by atoms with van der Waals surface area (Å²) in [5.41, 5.74) is 0. The number of nitrogens with zero attached hydrogens (tertiary/aromatic N) is 1. The molecular formula is C8H4F2NO. The van der Waals surface area contributed by atoms with Crippen molar-refractivity contribution in [3.63, 3.8) is 0 Å². The van der Waals surface area contributed by atoms with Crippen molar-refractivity contribution in [3.8, 4) is 11.8 Å². The standard InChI is InChI=1S/C8H4F2NO/c9-6-1-2-8(7(10)5-6)12-4-3-11/h2,5H,4H2. The normalized spacial score (nSPS) is 9.08. The highest BCUT2D eigenvalue weighted by molar-refractivity contribution is 5.24. The van der Waals surface area contributed by atoms with Crippen molar-refractivity contribution < 1.29 is 13.5 Å². The molecule has 0 aliphatic heterocycles. The van der Waals surface area contributed by atoms with Gasteiger partial charge in [-0.1, -0.05) is 0 Å². The molecule has 0 heterocycles. The highest BCUT2D eigenvalue weighted by Crippen LogP contribution is 2.16. The summed E-state index contributed by atoms with van der Waals surface area (Å²) in [4.78, 5) is 0. The van der Waals surface area contributed by atoms with Crippen molar-refractivity contribution in [1.82, 2.24) is 0 Å². The van der Waals surface area contributed by atoms with E-state index in [0.717, 1.165) is 6.07 Å². The van der Waals surface area contributed by atoms with Crippen molar-refractivity contribution in [3.05, 3.63) is 29.8 Å². The summed E-state index contributed by atoms with van der Waals surface area (Å²) in [6.45, 7) is -0.267. The average Bonchev–Trinajstić information content (AvgIpc) is 2.03. The van der Waals surface area contributed by atoms with Gasteiger partial charge in [0.2, 0.25) is 0 Å². The van der Waals surface area contributed by atoms with Crippen molar-refractivity contribution in [2.75, 3.05) is 6.61 Å². The Labute approximate surface area is 68.0 Å². The summed E-state index contributed by atoms with van der Waals surface area (Å²) >= 11 is 0. The van der Waals surface area contributed by atoms with Crippen LogP contribution in [0.3, 0.4) is 0 Å². The summed E-state index contributed by atoms with van der Waals surface area (Å²) in [5, 5.41) is 8.09. The van der Waals surface area contributed by atoms with E-state index in [1.807, 2.05) is 0 Å². The zero-order chi connectivity index (χ0) is 8.97. The van der Waals surface area contributed by atoms with E-state index in [1.54, 1.807) is 6.07 Å². The summed E-state index contributed by atoms with van der Waals surface area (Å²) < 4.78 is 29.5. The van der Waals surface area contributed by atoms with Crippen LogP contribution in [-0.2, 0) is 0 Å². The van der Waals surface area contributed by atoms with Crippen LogP contribution in [0.4, 0.5) is 8.78 Å². The van der Waals surface area contributed by atoms with Crippen LogP contribution in [0.15, 0.2) is 12.1 Å². The van der Waals surface area contributed by atoms with E-state index >= 15 is 0 Å². The summed E-state index contributed by atoms with van der Waals surface area (Å²) in [6, 6.07) is 5.43. The van der Waals surface area contributed by atoms with Gasteiger partial charge in [-0.2, -0.15) is 5.26 Å². The molecule has 1 aromatic rings. The second-order valence-electron chi connectivity index (χ2n) is 1.94. The molecule has 2 nitrogen and oxygen atoms in total. The van der Waals surface area contributed by atoms with Crippen LogP contribution in [0.25, 0.3) is 0 Å². The number of benzene rings is 1. The highest BCUT2D eigenvalue weighted by Gasteiger charge is 2.03. The second-order valence-corrected chi connectivity index (χ2v) is 1.94. The Morgan fingerprint density at radius 2 is 2.33 bits per heavy atom. The van der Waals surface area contributed by atoms with Crippen LogP contribution < -0.4 is 4.74 Å². The molecule has 0 bridgehead atoms. The maximum absolute atomic E-state index is 12.7. The Balaban J connectivity index is 2.81. The molecule has 4 heteroatoms. The molecule has 0 saturated carbocycles. The first-order chi connectivity index (χ1) is 5.74. The average molecular weight is 168 g/mol. The van der Waals surface area contributed by atoms with E-state index in [0.29, 0.717) is 6.07 Å². The van der Waals surface area contributed by atoms with Gasteiger partial charge >= 0.3 is 0 Å². The number of rotatable bonds is 2. The number of hydrogen-bond acceptors (Lipinski definition) is 2. The Morgan fingerprint density at radius 1 is 1.58 bits per heavy atom. The van der Waals surface area contributed by atoms with Crippen LogP contribution in [0.2, 0.25) is 0 Å². The third-order valence-corrected chi connectivity index (χ3v) is 1.12. The number of ether oxygens (including phenoxy) is 1. The first-order valence-electron chi connectivity index (χ1n) is 3.10. The molecule has 0 fully saturated rings. The first kappa shape index (κ1) is 8.47. The van der Waals surface area contributed by atoms with Crippen LogP contribution >= 0.6 is 0 Å². The molecule has 0 spiro atoms. The molecule has 1 rings (SSSR count). The van der Waals surface area contributed by atoms with Crippen molar-refractivity contribution in [1.29, 1.82) is 5.26 Å². The molecule has 0 saturated heterocycles. The minimum absolute atomic E-state index is 0.169. The first-order valence-corrected chi connectivity index (χ1v) is 3.10. The highest BCUT2D eigenvalue weighted by atomic mass is 19.1. The summed E-state index contributed by atoms with van der Waals surface area (Å²) in [7, 11) is 0. The van der Waals surface area contributed by atoms with Gasteiger partial charge in [-0.25, -0.2) is 8.78 Å². The monoisotopic (exact) mass is 168 g/mol. The maximum Gasteiger partial charge on any atom is 0.174 e. The van der Waals surface area contributed by atoms with Gasteiger partial charge in [0.05, 0.1) is 0 Å². The SMILES string of the molecule is N#CCOc1c[c]c(F)cc1F. The number of halogens is 2. The van der Waals surface area contributed by atoms with Crippen LogP contribution in [0.5, 0.6) is 5.75 Å². The smallest absolute Gasteiger partial charge is 0.174 e. The molecule has 1 radical (unpaired) electrons. The van der Waals surface area contributed by atoms with Gasteiger partial charge < -0.3 is 4.74 Å². The molecule has 1 aromatic carbocycles. The third-order valence-electron chi connectivity index (χ3n) is 1.12. The van der Waals surface area contributed by atoms with Crippen molar-refractivity contribution in [2.45, 2.75) is 0 Å². The predicted octanol–water partition coefficient (Wildman–Crippen LogP) is 1.67. The molecule has 0 aliphatic rings. The van der Waals surface area contributed by atoms with Crippen LogP contribution in [0, 0.1) is 29.0 Å². The van der Waals surface area contributed by atoms with Gasteiger partial charge in [-0.3, -0.25) is 0 Å². The molecule has 0 amide bonds. The Morgan fingerprint density at radius 3 is 2.92 bits per heavy atom. The number of hydrogen-bond donors (Lipinski definition) is 0. The summed E-state index contributed by atoms with van der Waals surface area (Å²) in [6.07, 6.45) is 0. The van der Waals surface area contributed by atoms with Crippen molar-refractivity contribution >= 4 is 0 Å². The van der Waals surface area contributed by atoms with Crippen LogP contribution in [-0.4, -0.2) is 6.61 Å². The largest absolute Gasteiger partial charge is 0.476 e. The lowest BCUT2D eigenvalue weighted by Gasteiger charge is -2.01. The minimum atomic E-state index is -0.832. The molecule has 12 heavy (non-hydrogen) atoms. The molecule has 0 unspecified atom stereocenters. The second kappa shape index (κ2) is 3.67. The molecule has 0 atom stereocenters. The van der Waals surface area contributed by atoms with E-state index in [9.17, 15) is 8.78 Å². The van der Waals surface area contributed by atoms with E-state index in [4.69, 9.17) is 5.26 Å². The Kier molecular flexibility index (Phi) is 2.59. The zero-order valence-electron chi connectivity index (χ0n) is 5.97. The molecule has 61 valence electrons. The zero-order valence-corrected chi connectivity index (χ0v) is 5.97. The molecule has 0 N–H and O–H groups in total. The quantitative estimate of drug-likeness (QED) is 0.672. The Bertz CT molecular complexity index is 319. The van der Waals surface area contributed by atoms with E-state index < -0.39 is 11.6 Å². The fourth-order valence-electron chi connectivity index (χ4n) is 0.648. The lowest BCUT2D eigenvalue weighted by molar-refractivity contribution is 0.344. The topological polar surface area (TPSA) is 33.0 Å². The number of nitriles is 1. The lowest BCUT2D eigenvalue weighted by atomic mass is 10.3. The van der Waals surface area contributed by atoms with E-state index in [1.165, 1.54) is 0 Å². The summed E-state index contributed by atoms with van der Waals surface area (Å²) in [5.74, 6) is -1.80. The van der Waals surface area contributed by atoms with Crippen LogP contribution in [0.1, 0.15) is 0 Å². The fraction of sp³-hybridized carbons (Fsp3) is 0.125. The van der Waals surface area contributed by atoms with E-state index in [2.05, 4.69) is 10.8 Å².